The second-order valence-corrected chi connectivity index (χ2v) is 6.41. The van der Waals surface area contributed by atoms with Gasteiger partial charge in [0.05, 0.1) is 0 Å². The van der Waals surface area contributed by atoms with E-state index in [2.05, 4.69) is 26.8 Å². The molecule has 1 amide bonds. The van der Waals surface area contributed by atoms with Gasteiger partial charge < -0.3 is 4.90 Å². The molecule has 0 radical (unpaired) electrons. The predicted octanol–water partition coefficient (Wildman–Crippen LogP) is 4.66. The SMILES string of the molecule is CN(C(=O)/C=C/c1ccccc1)c1ccccc1C(C)(C)C. The van der Waals surface area contributed by atoms with E-state index in [9.17, 15) is 4.79 Å². The van der Waals surface area contributed by atoms with Crippen LogP contribution in [0.3, 0.4) is 0 Å². The van der Waals surface area contributed by atoms with Crippen LogP contribution in [-0.4, -0.2) is 13.0 Å². The number of rotatable bonds is 3. The fraction of sp³-hybridized carbons (Fsp3) is 0.250. The standard InChI is InChI=1S/C20H23NO/c1-20(2,3)17-12-8-9-13-18(17)21(4)19(22)15-14-16-10-6-5-7-11-16/h5-15H,1-4H3/b15-14+. The number of nitrogens with zero attached hydrogens (tertiary/aromatic N) is 1. The minimum Gasteiger partial charge on any atom is -0.312 e. The second-order valence-electron chi connectivity index (χ2n) is 6.41. The summed E-state index contributed by atoms with van der Waals surface area (Å²) >= 11 is 0. The van der Waals surface area contributed by atoms with Gasteiger partial charge in [0.25, 0.3) is 5.91 Å². The van der Waals surface area contributed by atoms with Gasteiger partial charge in [-0.2, -0.15) is 0 Å². The molecule has 0 atom stereocenters. The Morgan fingerprint density at radius 2 is 1.55 bits per heavy atom. The van der Waals surface area contributed by atoms with Crippen LogP contribution in [0.2, 0.25) is 0 Å². The normalized spacial score (nSPS) is 11.6. The lowest BCUT2D eigenvalue weighted by atomic mass is 9.85. The molecule has 2 aromatic rings. The molecule has 0 N–H and O–H groups in total. The van der Waals surface area contributed by atoms with E-state index in [1.807, 2.05) is 61.7 Å². The van der Waals surface area contributed by atoms with Gasteiger partial charge in [-0.05, 0) is 28.7 Å². The molecule has 2 rings (SSSR count). The minimum atomic E-state index is -0.0273. The average Bonchev–Trinajstić information content (AvgIpc) is 2.52. The van der Waals surface area contributed by atoms with E-state index in [4.69, 9.17) is 0 Å². The van der Waals surface area contributed by atoms with Gasteiger partial charge in [-0.25, -0.2) is 0 Å². The van der Waals surface area contributed by atoms with Gasteiger partial charge in [-0.1, -0.05) is 69.3 Å². The van der Waals surface area contributed by atoms with Crippen LogP contribution < -0.4 is 4.90 Å². The van der Waals surface area contributed by atoms with Crippen molar-refractivity contribution < 1.29 is 4.79 Å². The van der Waals surface area contributed by atoms with E-state index in [1.54, 1.807) is 11.0 Å². The number of hydrogen-bond acceptors (Lipinski definition) is 1. The van der Waals surface area contributed by atoms with E-state index in [0.717, 1.165) is 11.3 Å². The zero-order valence-corrected chi connectivity index (χ0v) is 13.7. The molecule has 0 aliphatic heterocycles. The quantitative estimate of drug-likeness (QED) is 0.754. The van der Waals surface area contributed by atoms with Crippen LogP contribution in [0.25, 0.3) is 6.08 Å². The first-order chi connectivity index (χ1) is 10.4. The summed E-state index contributed by atoms with van der Waals surface area (Å²) < 4.78 is 0. The summed E-state index contributed by atoms with van der Waals surface area (Å²) in [5.74, 6) is -0.0273. The first-order valence-electron chi connectivity index (χ1n) is 7.50. The number of benzene rings is 2. The van der Waals surface area contributed by atoms with Crippen molar-refractivity contribution in [2.45, 2.75) is 26.2 Å². The molecule has 0 bridgehead atoms. The van der Waals surface area contributed by atoms with E-state index in [0.29, 0.717) is 0 Å². The smallest absolute Gasteiger partial charge is 0.250 e. The van der Waals surface area contributed by atoms with Crippen molar-refractivity contribution in [2.24, 2.45) is 0 Å². The Balaban J connectivity index is 2.23. The average molecular weight is 293 g/mol. The summed E-state index contributed by atoms with van der Waals surface area (Å²) in [6.45, 7) is 6.47. The topological polar surface area (TPSA) is 20.3 Å². The first-order valence-corrected chi connectivity index (χ1v) is 7.50. The molecule has 0 aliphatic rings. The lowest BCUT2D eigenvalue weighted by Crippen LogP contribution is -2.27. The highest BCUT2D eigenvalue weighted by Crippen LogP contribution is 2.31. The Bertz CT molecular complexity index is 666. The Morgan fingerprint density at radius 3 is 2.18 bits per heavy atom. The first kappa shape index (κ1) is 16.0. The van der Waals surface area contributed by atoms with Gasteiger partial charge in [0.15, 0.2) is 0 Å². The maximum atomic E-state index is 12.4. The number of likely N-dealkylation sites (N-methyl/N-ethyl adjacent to an activating group) is 1. The van der Waals surface area contributed by atoms with Crippen molar-refractivity contribution in [2.75, 3.05) is 11.9 Å². The number of anilines is 1. The van der Waals surface area contributed by atoms with Crippen LogP contribution in [-0.2, 0) is 10.2 Å². The molecule has 114 valence electrons. The van der Waals surface area contributed by atoms with Gasteiger partial charge in [0, 0.05) is 18.8 Å². The molecule has 0 aliphatic carbocycles. The third-order valence-electron chi connectivity index (χ3n) is 3.62. The van der Waals surface area contributed by atoms with Gasteiger partial charge >= 0.3 is 0 Å². The van der Waals surface area contributed by atoms with Crippen molar-refractivity contribution in [1.29, 1.82) is 0 Å². The van der Waals surface area contributed by atoms with Gasteiger partial charge in [-0.3, -0.25) is 4.79 Å². The Morgan fingerprint density at radius 1 is 0.955 bits per heavy atom. The second kappa shape index (κ2) is 6.61. The molecule has 22 heavy (non-hydrogen) atoms. The summed E-state index contributed by atoms with van der Waals surface area (Å²) in [5, 5.41) is 0. The summed E-state index contributed by atoms with van der Waals surface area (Å²) in [6, 6.07) is 17.9. The van der Waals surface area contributed by atoms with E-state index in [1.165, 1.54) is 5.56 Å². The molecular formula is C20H23NO. The van der Waals surface area contributed by atoms with Gasteiger partial charge in [0.1, 0.15) is 0 Å². The summed E-state index contributed by atoms with van der Waals surface area (Å²) in [7, 11) is 1.82. The zero-order chi connectivity index (χ0) is 16.2. The fourth-order valence-corrected chi connectivity index (χ4v) is 2.36. The molecule has 2 heteroatoms. The molecule has 0 unspecified atom stereocenters. The van der Waals surface area contributed by atoms with E-state index >= 15 is 0 Å². The number of carbonyl (C=O) groups is 1. The lowest BCUT2D eigenvalue weighted by molar-refractivity contribution is -0.113. The maximum Gasteiger partial charge on any atom is 0.250 e. The molecule has 0 aromatic heterocycles. The molecule has 2 nitrogen and oxygen atoms in total. The summed E-state index contributed by atoms with van der Waals surface area (Å²) in [4.78, 5) is 14.1. The van der Waals surface area contributed by atoms with Crippen molar-refractivity contribution in [3.63, 3.8) is 0 Å². The third kappa shape index (κ3) is 3.85. The molecule has 0 fully saturated rings. The van der Waals surface area contributed by atoms with Crippen LogP contribution in [0.4, 0.5) is 5.69 Å². The fourth-order valence-electron chi connectivity index (χ4n) is 2.36. The largest absolute Gasteiger partial charge is 0.312 e. The highest BCUT2D eigenvalue weighted by atomic mass is 16.2. The Hall–Kier alpha value is -2.35. The predicted molar refractivity (Wildman–Crippen MR) is 94.0 cm³/mol. The molecule has 2 aromatic carbocycles. The van der Waals surface area contributed by atoms with Crippen molar-refractivity contribution in [3.8, 4) is 0 Å². The summed E-state index contributed by atoms with van der Waals surface area (Å²) in [6.07, 6.45) is 3.47. The number of amides is 1. The number of hydrogen-bond donors (Lipinski definition) is 0. The van der Waals surface area contributed by atoms with Crippen LogP contribution in [0.1, 0.15) is 31.9 Å². The van der Waals surface area contributed by atoms with Crippen molar-refractivity contribution in [1.82, 2.24) is 0 Å². The van der Waals surface area contributed by atoms with Crippen molar-refractivity contribution in [3.05, 3.63) is 71.8 Å². The number of carbonyl (C=O) groups excluding carboxylic acids is 1. The highest BCUT2D eigenvalue weighted by Gasteiger charge is 2.21. The Kier molecular flexibility index (Phi) is 4.81. The maximum absolute atomic E-state index is 12.4. The zero-order valence-electron chi connectivity index (χ0n) is 13.7. The van der Waals surface area contributed by atoms with Crippen LogP contribution in [0.5, 0.6) is 0 Å². The van der Waals surface area contributed by atoms with Crippen LogP contribution >= 0.6 is 0 Å². The minimum absolute atomic E-state index is 0.00568. The molecular weight excluding hydrogens is 270 g/mol. The lowest BCUT2D eigenvalue weighted by Gasteiger charge is -2.27. The highest BCUT2D eigenvalue weighted by molar-refractivity contribution is 6.04. The third-order valence-corrected chi connectivity index (χ3v) is 3.62. The monoisotopic (exact) mass is 293 g/mol. The molecule has 0 spiro atoms. The van der Waals surface area contributed by atoms with Crippen LogP contribution in [0, 0.1) is 0 Å². The molecule has 0 saturated carbocycles. The number of para-hydroxylation sites is 1. The van der Waals surface area contributed by atoms with Crippen molar-refractivity contribution >= 4 is 17.7 Å². The van der Waals surface area contributed by atoms with E-state index in [-0.39, 0.29) is 11.3 Å². The van der Waals surface area contributed by atoms with Gasteiger partial charge in [0.2, 0.25) is 0 Å². The summed E-state index contributed by atoms with van der Waals surface area (Å²) in [5.41, 5.74) is 3.14. The molecule has 0 saturated heterocycles. The Labute approximate surface area is 133 Å². The van der Waals surface area contributed by atoms with E-state index < -0.39 is 0 Å². The van der Waals surface area contributed by atoms with Crippen LogP contribution in [0.15, 0.2) is 60.7 Å². The molecule has 0 heterocycles. The van der Waals surface area contributed by atoms with Gasteiger partial charge in [-0.15, -0.1) is 0 Å².